The quantitative estimate of drug-likeness (QED) is 0.482. The van der Waals surface area contributed by atoms with Gasteiger partial charge in [-0.25, -0.2) is 0 Å². The van der Waals surface area contributed by atoms with Crippen LogP contribution < -0.4 is 4.90 Å². The van der Waals surface area contributed by atoms with E-state index in [9.17, 15) is 27.9 Å². The summed E-state index contributed by atoms with van der Waals surface area (Å²) in [6.45, 7) is 5.98. The van der Waals surface area contributed by atoms with E-state index in [2.05, 4.69) is 18.7 Å². The first kappa shape index (κ1) is 28.7. The molecule has 1 aliphatic carbocycles. The zero-order valence-corrected chi connectivity index (χ0v) is 23.1. The van der Waals surface area contributed by atoms with Crippen molar-refractivity contribution in [1.82, 2.24) is 9.80 Å². The molecule has 4 rings (SSSR count). The molecule has 1 unspecified atom stereocenters. The summed E-state index contributed by atoms with van der Waals surface area (Å²) in [6.07, 6.45) is -3.44. The fourth-order valence-electron chi connectivity index (χ4n) is 5.60. The van der Waals surface area contributed by atoms with Crippen LogP contribution in [0.15, 0.2) is 30.3 Å². The van der Waals surface area contributed by atoms with Crippen molar-refractivity contribution in [2.75, 3.05) is 38.6 Å². The van der Waals surface area contributed by atoms with E-state index in [4.69, 9.17) is 23.2 Å². The molecule has 0 spiro atoms. The molecule has 1 heterocycles. The van der Waals surface area contributed by atoms with Crippen LogP contribution in [0.1, 0.15) is 53.7 Å². The van der Waals surface area contributed by atoms with Crippen LogP contribution in [0.4, 0.5) is 18.9 Å². The summed E-state index contributed by atoms with van der Waals surface area (Å²) in [6, 6.07) is 6.15. The minimum absolute atomic E-state index is 0.0167. The molecule has 0 bridgehead atoms. The van der Waals surface area contributed by atoms with E-state index in [0.29, 0.717) is 12.1 Å². The molecular weight excluding hydrogens is 542 g/mol. The molecule has 0 saturated heterocycles. The van der Waals surface area contributed by atoms with Crippen molar-refractivity contribution in [3.8, 4) is 0 Å². The van der Waals surface area contributed by atoms with Gasteiger partial charge in [-0.1, -0.05) is 43.1 Å². The zero-order valence-electron chi connectivity index (χ0n) is 21.6. The van der Waals surface area contributed by atoms with Crippen LogP contribution in [0.5, 0.6) is 0 Å². The number of nitrogens with zero attached hydrogens (tertiary/aromatic N) is 3. The third kappa shape index (κ3) is 4.78. The van der Waals surface area contributed by atoms with Gasteiger partial charge in [-0.3, -0.25) is 9.59 Å². The maximum Gasteiger partial charge on any atom is 0.416 e. The zero-order chi connectivity index (χ0) is 28.2. The number of aliphatic hydroxyl groups is 1. The first-order valence-corrected chi connectivity index (χ1v) is 13.2. The first-order chi connectivity index (χ1) is 17.7. The lowest BCUT2D eigenvalue weighted by Gasteiger charge is -2.43. The molecule has 6 nitrogen and oxygen atoms in total. The Morgan fingerprint density at radius 3 is 2.29 bits per heavy atom. The Hall–Kier alpha value is -2.33. The number of hydrogen-bond acceptors (Lipinski definition) is 4. The Morgan fingerprint density at radius 1 is 1.13 bits per heavy atom. The third-order valence-electron chi connectivity index (χ3n) is 7.58. The van der Waals surface area contributed by atoms with Crippen molar-refractivity contribution in [3.05, 3.63) is 62.6 Å². The smallest absolute Gasteiger partial charge is 0.372 e. The summed E-state index contributed by atoms with van der Waals surface area (Å²) < 4.78 is 43.5. The number of hydrogen-bond donors (Lipinski definition) is 1. The number of fused-ring (bicyclic) bond motifs is 1. The van der Waals surface area contributed by atoms with Crippen molar-refractivity contribution < 1.29 is 27.9 Å². The normalized spacial score (nSPS) is 23.0. The second-order valence-electron chi connectivity index (χ2n) is 10.1. The lowest BCUT2D eigenvalue weighted by atomic mass is 9.78. The molecule has 1 fully saturated rings. The van der Waals surface area contributed by atoms with E-state index >= 15 is 0 Å². The number of carbonyl (C=O) groups excluding carboxylic acids is 2. The van der Waals surface area contributed by atoms with E-state index in [1.807, 2.05) is 0 Å². The van der Waals surface area contributed by atoms with Crippen molar-refractivity contribution in [1.29, 1.82) is 0 Å². The summed E-state index contributed by atoms with van der Waals surface area (Å²) in [7, 11) is 2.86. The van der Waals surface area contributed by atoms with Crippen LogP contribution in [-0.2, 0) is 16.6 Å². The predicted octanol–water partition coefficient (Wildman–Crippen LogP) is 5.42. The van der Waals surface area contributed by atoms with Gasteiger partial charge in [0.05, 0.1) is 11.3 Å². The van der Waals surface area contributed by atoms with E-state index in [1.165, 1.54) is 43.3 Å². The molecule has 2 amide bonds. The number of halogens is 5. The summed E-state index contributed by atoms with van der Waals surface area (Å²) in [5.74, 6) is -1.58. The molecule has 1 saturated carbocycles. The van der Waals surface area contributed by atoms with Gasteiger partial charge in [0.1, 0.15) is 0 Å². The first-order valence-electron chi connectivity index (χ1n) is 12.4. The van der Waals surface area contributed by atoms with Crippen LogP contribution in [0.25, 0.3) is 0 Å². The second-order valence-corrected chi connectivity index (χ2v) is 10.9. The summed E-state index contributed by atoms with van der Waals surface area (Å²) in [4.78, 5) is 31.3. The molecule has 0 aromatic heterocycles. The lowest BCUT2D eigenvalue weighted by molar-refractivity contribution is -0.142. The standard InChI is InChI=1S/C27H30Cl2F3N3O3/c1-5-34(6-2)18-9-15(10-18)14-35-22-12-16(24(36)33(3)4)11-20(27(30,31)32)23(22)26(38,25(35)37)19-8-7-17(28)13-21(19)29/h7-8,11-13,15,18,38H,5-6,9-10,14H2,1-4H3/t15-,18-,26?. The molecular formula is C27H30Cl2F3N3O3. The monoisotopic (exact) mass is 571 g/mol. The van der Waals surface area contributed by atoms with Crippen LogP contribution in [-0.4, -0.2) is 66.5 Å². The largest absolute Gasteiger partial charge is 0.416 e. The van der Waals surface area contributed by atoms with Gasteiger partial charge >= 0.3 is 6.18 Å². The molecule has 38 heavy (non-hydrogen) atoms. The highest BCUT2D eigenvalue weighted by molar-refractivity contribution is 6.35. The molecule has 2 aromatic carbocycles. The maximum absolute atomic E-state index is 14.5. The number of anilines is 1. The van der Waals surface area contributed by atoms with E-state index in [0.717, 1.165) is 30.8 Å². The Labute approximate surface area is 229 Å². The molecule has 1 aliphatic heterocycles. The Balaban J connectivity index is 1.88. The number of benzene rings is 2. The van der Waals surface area contributed by atoms with Crippen molar-refractivity contribution in [2.24, 2.45) is 5.92 Å². The average molecular weight is 572 g/mol. The van der Waals surface area contributed by atoms with E-state index < -0.39 is 34.7 Å². The number of rotatable bonds is 7. The van der Waals surface area contributed by atoms with Crippen LogP contribution in [0, 0.1) is 5.92 Å². The Morgan fingerprint density at radius 2 is 1.76 bits per heavy atom. The maximum atomic E-state index is 14.5. The minimum atomic E-state index is -4.97. The van der Waals surface area contributed by atoms with Gasteiger partial charge < -0.3 is 19.8 Å². The number of amides is 2. The van der Waals surface area contributed by atoms with Gasteiger partial charge in [0.2, 0.25) is 0 Å². The van der Waals surface area contributed by atoms with Gasteiger partial charge in [-0.15, -0.1) is 0 Å². The molecule has 1 atom stereocenters. The average Bonchev–Trinajstić information content (AvgIpc) is 3.03. The summed E-state index contributed by atoms with van der Waals surface area (Å²) in [5.41, 5.74) is -5.20. The fourth-order valence-corrected chi connectivity index (χ4v) is 6.14. The van der Waals surface area contributed by atoms with Gasteiger partial charge in [0.25, 0.3) is 11.8 Å². The minimum Gasteiger partial charge on any atom is -0.372 e. The van der Waals surface area contributed by atoms with Gasteiger partial charge in [0.15, 0.2) is 5.60 Å². The van der Waals surface area contributed by atoms with Crippen LogP contribution >= 0.6 is 23.2 Å². The highest BCUT2D eigenvalue weighted by Crippen LogP contribution is 2.53. The lowest BCUT2D eigenvalue weighted by Crippen LogP contribution is -2.50. The molecule has 2 aromatic rings. The van der Waals surface area contributed by atoms with Crippen LogP contribution in [0.2, 0.25) is 10.0 Å². The van der Waals surface area contributed by atoms with Gasteiger partial charge in [-0.05, 0) is 56.1 Å². The Kier molecular flexibility index (Phi) is 7.80. The van der Waals surface area contributed by atoms with Crippen molar-refractivity contribution >= 4 is 40.7 Å². The molecule has 1 N–H and O–H groups in total. The van der Waals surface area contributed by atoms with Gasteiger partial charge in [0, 0.05) is 53.4 Å². The van der Waals surface area contributed by atoms with Crippen molar-refractivity contribution in [2.45, 2.75) is 44.5 Å². The predicted molar refractivity (Wildman–Crippen MR) is 141 cm³/mol. The number of alkyl halides is 3. The molecule has 206 valence electrons. The third-order valence-corrected chi connectivity index (χ3v) is 8.13. The Bertz CT molecular complexity index is 1260. The highest BCUT2D eigenvalue weighted by atomic mass is 35.5. The van der Waals surface area contributed by atoms with E-state index in [1.54, 1.807) is 0 Å². The summed E-state index contributed by atoms with van der Waals surface area (Å²) in [5, 5.41) is 12.0. The number of carbonyl (C=O) groups is 2. The van der Waals surface area contributed by atoms with E-state index in [-0.39, 0.29) is 39.3 Å². The molecule has 0 radical (unpaired) electrons. The summed E-state index contributed by atoms with van der Waals surface area (Å²) >= 11 is 12.3. The second kappa shape index (κ2) is 10.3. The highest BCUT2D eigenvalue weighted by Gasteiger charge is 2.57. The molecule has 11 heteroatoms. The van der Waals surface area contributed by atoms with Gasteiger partial charge in [-0.2, -0.15) is 13.2 Å². The van der Waals surface area contributed by atoms with Crippen LogP contribution in [0.3, 0.4) is 0 Å². The SMILES string of the molecule is CCN(CC)[C@H]1C[C@H](CN2C(=O)C(O)(c3ccc(Cl)cc3Cl)c3c2cc(C(=O)N(C)C)cc3C(F)(F)F)C1. The topological polar surface area (TPSA) is 64.1 Å². The van der Waals surface area contributed by atoms with Crippen molar-refractivity contribution in [3.63, 3.8) is 0 Å². The fraction of sp³-hybridized carbons (Fsp3) is 0.481. The molecule has 2 aliphatic rings.